The number of hydrogen-bond acceptors (Lipinski definition) is 5. The third-order valence-electron chi connectivity index (χ3n) is 5.81. The molecule has 0 aromatic heterocycles. The van der Waals surface area contributed by atoms with Crippen molar-refractivity contribution in [3.05, 3.63) is 110 Å². The molecule has 1 aliphatic heterocycles. The number of nitrogens with zero attached hydrogens (tertiary/aromatic N) is 1. The van der Waals surface area contributed by atoms with Crippen LogP contribution in [0.3, 0.4) is 0 Å². The molecule has 0 bridgehead atoms. The molecule has 38 heavy (non-hydrogen) atoms. The van der Waals surface area contributed by atoms with Crippen LogP contribution in [-0.2, 0) is 11.4 Å². The number of ether oxygens (including phenoxy) is 2. The highest BCUT2D eigenvalue weighted by atomic mass is 79.9. The van der Waals surface area contributed by atoms with Crippen LogP contribution < -0.4 is 9.47 Å². The second-order valence-electron chi connectivity index (χ2n) is 8.39. The minimum absolute atomic E-state index is 0.148. The van der Waals surface area contributed by atoms with Crippen molar-refractivity contribution in [3.8, 4) is 11.5 Å². The molecule has 1 aliphatic rings. The van der Waals surface area contributed by atoms with E-state index in [4.69, 9.17) is 9.47 Å². The summed E-state index contributed by atoms with van der Waals surface area (Å²) in [7, 11) is 0. The molecule has 1 saturated heterocycles. The zero-order valence-corrected chi connectivity index (χ0v) is 23.8. The molecule has 1 heterocycles. The fourth-order valence-corrected chi connectivity index (χ4v) is 6.27. The fraction of sp³-hybridized carbons (Fsp3) is 0.103. The lowest BCUT2D eigenvalue weighted by atomic mass is 10.1. The number of hydrogen-bond donors (Lipinski definition) is 0. The lowest BCUT2D eigenvalue weighted by Crippen LogP contribution is -2.32. The largest absolute Gasteiger partial charge is 0.491 e. The van der Waals surface area contributed by atoms with E-state index in [0.29, 0.717) is 25.3 Å². The first-order valence-corrected chi connectivity index (χ1v) is 14.0. The molecule has 2 amide bonds. The van der Waals surface area contributed by atoms with Gasteiger partial charge < -0.3 is 9.47 Å². The average Bonchev–Trinajstić information content (AvgIpc) is 3.16. The molecule has 9 heteroatoms. The minimum atomic E-state index is -0.356. The molecular formula is C29H20Br2FNO4S. The van der Waals surface area contributed by atoms with E-state index in [-0.39, 0.29) is 36.7 Å². The third-order valence-corrected chi connectivity index (χ3v) is 7.90. The zero-order chi connectivity index (χ0) is 26.6. The Bertz CT molecular complexity index is 1530. The second kappa shape index (κ2) is 11.7. The summed E-state index contributed by atoms with van der Waals surface area (Å²) in [6.07, 6.45) is 1.68. The van der Waals surface area contributed by atoms with Crippen LogP contribution in [-0.4, -0.2) is 29.2 Å². The van der Waals surface area contributed by atoms with Gasteiger partial charge in [-0.3, -0.25) is 14.5 Å². The summed E-state index contributed by atoms with van der Waals surface area (Å²) in [4.78, 5) is 27.1. The van der Waals surface area contributed by atoms with Crippen LogP contribution >= 0.6 is 43.6 Å². The quantitative estimate of drug-likeness (QED) is 0.179. The van der Waals surface area contributed by atoms with Gasteiger partial charge in [-0.2, -0.15) is 0 Å². The number of halogens is 3. The lowest BCUT2D eigenvalue weighted by molar-refractivity contribution is -0.123. The second-order valence-corrected chi connectivity index (χ2v) is 11.1. The van der Waals surface area contributed by atoms with Crippen molar-refractivity contribution in [2.45, 2.75) is 6.61 Å². The summed E-state index contributed by atoms with van der Waals surface area (Å²) in [5.41, 5.74) is 1.54. The molecular weight excluding hydrogens is 637 g/mol. The summed E-state index contributed by atoms with van der Waals surface area (Å²) in [5.74, 6) is 0.625. The van der Waals surface area contributed by atoms with Crippen LogP contribution in [0.1, 0.15) is 11.1 Å². The van der Waals surface area contributed by atoms with E-state index in [9.17, 15) is 14.0 Å². The van der Waals surface area contributed by atoms with E-state index in [1.165, 1.54) is 17.0 Å². The Hall–Kier alpha value is -3.14. The molecule has 5 rings (SSSR count). The van der Waals surface area contributed by atoms with E-state index in [0.717, 1.165) is 33.7 Å². The van der Waals surface area contributed by atoms with Gasteiger partial charge in [-0.25, -0.2) is 4.39 Å². The summed E-state index contributed by atoms with van der Waals surface area (Å²) < 4.78 is 26.3. The standard InChI is InChI=1S/C29H20Br2FNO4S/c30-23-14-19(15-24(31)27(23)37-17-18-8-10-21(32)11-9-18)16-26-28(34)33(29(35)38-26)12-13-36-25-7-3-5-20-4-1-2-6-22(20)25/h1-11,14-16H,12-13,17H2/b26-16-. The SMILES string of the molecule is O=C1S/C(=C\c2cc(Br)c(OCc3ccc(F)cc3)c(Br)c2)C(=O)N1CCOc1cccc2ccccc12. The Labute approximate surface area is 239 Å². The van der Waals surface area contributed by atoms with Crippen molar-refractivity contribution < 1.29 is 23.5 Å². The first-order chi connectivity index (χ1) is 18.4. The van der Waals surface area contributed by atoms with Crippen molar-refractivity contribution in [2.24, 2.45) is 0 Å². The van der Waals surface area contributed by atoms with Crippen LogP contribution in [0.15, 0.2) is 92.7 Å². The Morgan fingerprint density at radius 1 is 0.895 bits per heavy atom. The van der Waals surface area contributed by atoms with Crippen LogP contribution in [0.5, 0.6) is 11.5 Å². The molecule has 0 aliphatic carbocycles. The Balaban J connectivity index is 1.24. The minimum Gasteiger partial charge on any atom is -0.491 e. The smallest absolute Gasteiger partial charge is 0.293 e. The molecule has 1 fully saturated rings. The van der Waals surface area contributed by atoms with E-state index in [1.807, 2.05) is 54.6 Å². The van der Waals surface area contributed by atoms with Gasteiger partial charge >= 0.3 is 0 Å². The van der Waals surface area contributed by atoms with Gasteiger partial charge in [0.1, 0.15) is 30.5 Å². The molecule has 0 spiro atoms. The summed E-state index contributed by atoms with van der Waals surface area (Å²) >= 11 is 7.93. The predicted octanol–water partition coefficient (Wildman–Crippen LogP) is 8.20. The number of rotatable bonds is 8. The monoisotopic (exact) mass is 655 g/mol. The molecule has 4 aromatic carbocycles. The fourth-order valence-electron chi connectivity index (χ4n) is 3.95. The molecule has 0 unspecified atom stereocenters. The van der Waals surface area contributed by atoms with E-state index in [1.54, 1.807) is 18.2 Å². The van der Waals surface area contributed by atoms with Gasteiger partial charge in [0.25, 0.3) is 11.1 Å². The number of fused-ring (bicyclic) bond motifs is 1. The Kier molecular flexibility index (Phi) is 8.16. The van der Waals surface area contributed by atoms with Crippen LogP contribution in [0.2, 0.25) is 0 Å². The zero-order valence-electron chi connectivity index (χ0n) is 19.8. The molecule has 192 valence electrons. The van der Waals surface area contributed by atoms with E-state index < -0.39 is 0 Å². The van der Waals surface area contributed by atoms with Crippen LogP contribution in [0.4, 0.5) is 9.18 Å². The molecule has 4 aromatic rings. The van der Waals surface area contributed by atoms with Gasteiger partial charge in [-0.1, -0.05) is 48.5 Å². The molecule has 0 N–H and O–H groups in total. The number of imide groups is 1. The van der Waals surface area contributed by atoms with Gasteiger partial charge in [-0.05, 0) is 96.5 Å². The number of carbonyl (C=O) groups is 2. The highest BCUT2D eigenvalue weighted by Gasteiger charge is 2.35. The summed E-state index contributed by atoms with van der Waals surface area (Å²) in [5, 5.41) is 1.70. The molecule has 0 saturated carbocycles. The first kappa shape index (κ1) is 26.5. The number of carbonyl (C=O) groups excluding carboxylic acids is 2. The number of amides is 2. The van der Waals surface area contributed by atoms with Crippen molar-refractivity contribution in [1.82, 2.24) is 4.90 Å². The molecule has 0 atom stereocenters. The van der Waals surface area contributed by atoms with Gasteiger partial charge in [0, 0.05) is 5.39 Å². The van der Waals surface area contributed by atoms with Gasteiger partial charge in [-0.15, -0.1) is 0 Å². The van der Waals surface area contributed by atoms with Gasteiger partial charge in [0.05, 0.1) is 20.4 Å². The van der Waals surface area contributed by atoms with Gasteiger partial charge in [0.2, 0.25) is 0 Å². The van der Waals surface area contributed by atoms with Crippen molar-refractivity contribution in [2.75, 3.05) is 13.2 Å². The summed E-state index contributed by atoms with van der Waals surface area (Å²) in [6, 6.07) is 23.4. The van der Waals surface area contributed by atoms with Crippen molar-refractivity contribution in [1.29, 1.82) is 0 Å². The maximum absolute atomic E-state index is 13.1. The van der Waals surface area contributed by atoms with Crippen molar-refractivity contribution in [3.63, 3.8) is 0 Å². The maximum Gasteiger partial charge on any atom is 0.293 e. The maximum atomic E-state index is 13.1. The topological polar surface area (TPSA) is 55.8 Å². The third kappa shape index (κ3) is 5.95. The van der Waals surface area contributed by atoms with Crippen LogP contribution in [0.25, 0.3) is 16.8 Å². The highest BCUT2D eigenvalue weighted by molar-refractivity contribution is 9.11. The van der Waals surface area contributed by atoms with Crippen LogP contribution in [0, 0.1) is 5.82 Å². The summed E-state index contributed by atoms with van der Waals surface area (Å²) in [6.45, 7) is 0.599. The Morgan fingerprint density at radius 2 is 1.61 bits per heavy atom. The predicted molar refractivity (Wildman–Crippen MR) is 155 cm³/mol. The first-order valence-electron chi connectivity index (χ1n) is 11.6. The number of benzene rings is 4. The average molecular weight is 657 g/mol. The normalized spacial score (nSPS) is 14.5. The van der Waals surface area contributed by atoms with E-state index in [2.05, 4.69) is 31.9 Å². The molecule has 0 radical (unpaired) electrons. The highest BCUT2D eigenvalue weighted by Crippen LogP contribution is 2.38. The van der Waals surface area contributed by atoms with E-state index >= 15 is 0 Å². The van der Waals surface area contributed by atoms with Crippen molar-refractivity contribution >= 4 is 71.6 Å². The lowest BCUT2D eigenvalue weighted by Gasteiger charge is -2.14. The number of thioether (sulfide) groups is 1. The Morgan fingerprint density at radius 3 is 2.37 bits per heavy atom. The molecule has 5 nitrogen and oxygen atoms in total. The van der Waals surface area contributed by atoms with Gasteiger partial charge in [0.15, 0.2) is 0 Å².